The summed E-state index contributed by atoms with van der Waals surface area (Å²) >= 11 is 13.2. The van der Waals surface area contributed by atoms with Gasteiger partial charge in [0.05, 0.1) is 0 Å². The van der Waals surface area contributed by atoms with E-state index in [9.17, 15) is 0 Å². The Bertz CT molecular complexity index is 492. The summed E-state index contributed by atoms with van der Waals surface area (Å²) in [6.45, 7) is 0. The summed E-state index contributed by atoms with van der Waals surface area (Å²) < 4.78 is 3.77. The van der Waals surface area contributed by atoms with Crippen molar-refractivity contribution >= 4 is 43.5 Å². The minimum Gasteiger partial charge on any atom is -0.319 e. The summed E-state index contributed by atoms with van der Waals surface area (Å²) in [6, 6.07) is 5.90. The van der Waals surface area contributed by atoms with Crippen molar-refractivity contribution < 1.29 is 0 Å². The highest BCUT2D eigenvalue weighted by Gasteiger charge is 2.16. The molecule has 0 fully saturated rings. The van der Waals surface area contributed by atoms with Gasteiger partial charge in [-0.1, -0.05) is 31.9 Å². The lowest BCUT2D eigenvalue weighted by molar-refractivity contribution is 0.808. The average molecular weight is 365 g/mol. The second kappa shape index (κ2) is 4.85. The Morgan fingerprint density at radius 3 is 2.38 bits per heavy atom. The van der Waals surface area contributed by atoms with Crippen molar-refractivity contribution in [3.63, 3.8) is 0 Å². The molecule has 1 aromatic heterocycles. The quantitative estimate of drug-likeness (QED) is 0.761. The van der Waals surface area contributed by atoms with E-state index in [2.05, 4.69) is 42.1 Å². The third-order valence-corrected chi connectivity index (χ3v) is 3.51. The Balaban J connectivity index is 2.41. The fourth-order valence-corrected chi connectivity index (χ4v) is 3.04. The number of hydrogen-bond acceptors (Lipinski definition) is 2. The average Bonchev–Trinajstić information content (AvgIpc) is 2.62. The Morgan fingerprint density at radius 2 is 1.88 bits per heavy atom. The van der Waals surface area contributed by atoms with Crippen LogP contribution in [0.4, 0.5) is 0 Å². The number of aryl methyl sites for hydroxylation is 1. The monoisotopic (exact) mass is 363 g/mol. The zero-order valence-electron chi connectivity index (χ0n) is 8.36. The Labute approximate surface area is 115 Å². The summed E-state index contributed by atoms with van der Waals surface area (Å²) in [5, 5.41) is 7.52. The van der Waals surface area contributed by atoms with Crippen LogP contribution >= 0.6 is 43.5 Å². The lowest BCUT2D eigenvalue weighted by atomic mass is 10.1. The molecular formula is C10H8Br2ClN3. The number of nitrogens with zero attached hydrogens (tertiary/aromatic N) is 3. The van der Waals surface area contributed by atoms with Gasteiger partial charge in [0.1, 0.15) is 11.7 Å². The van der Waals surface area contributed by atoms with Crippen molar-refractivity contribution in [3.05, 3.63) is 44.9 Å². The number of aromatic nitrogens is 3. The second-order valence-electron chi connectivity index (χ2n) is 3.37. The highest BCUT2D eigenvalue weighted by atomic mass is 79.9. The third kappa shape index (κ3) is 2.47. The minimum atomic E-state index is -0.304. The van der Waals surface area contributed by atoms with E-state index in [0.29, 0.717) is 0 Å². The number of alkyl halides is 1. The molecule has 0 saturated heterocycles. The topological polar surface area (TPSA) is 30.7 Å². The van der Waals surface area contributed by atoms with Crippen LogP contribution in [0.15, 0.2) is 33.5 Å². The van der Waals surface area contributed by atoms with Crippen molar-refractivity contribution in [2.75, 3.05) is 0 Å². The fraction of sp³-hybridized carbons (Fsp3) is 0.200. The summed E-state index contributed by atoms with van der Waals surface area (Å²) in [6.07, 6.45) is 1.64. The van der Waals surface area contributed by atoms with Gasteiger partial charge in [-0.3, -0.25) is 0 Å². The van der Waals surface area contributed by atoms with Crippen LogP contribution in [0, 0.1) is 0 Å². The molecule has 84 valence electrons. The molecule has 0 aliphatic rings. The molecule has 3 nitrogen and oxygen atoms in total. The van der Waals surface area contributed by atoms with Crippen LogP contribution in [0.1, 0.15) is 16.8 Å². The second-order valence-corrected chi connectivity index (χ2v) is 5.63. The lowest BCUT2D eigenvalue weighted by Crippen LogP contribution is -2.02. The highest BCUT2D eigenvalue weighted by molar-refractivity contribution is 9.11. The zero-order valence-corrected chi connectivity index (χ0v) is 12.3. The fourth-order valence-electron chi connectivity index (χ4n) is 1.39. The molecule has 1 atom stereocenters. The molecule has 1 heterocycles. The molecule has 0 radical (unpaired) electrons. The van der Waals surface area contributed by atoms with Gasteiger partial charge in [-0.15, -0.1) is 21.8 Å². The standard InChI is InChI=1S/C10H8Br2ClN3/c1-16-5-14-15-10(16)9(13)6-2-7(11)4-8(12)3-6/h2-5,9H,1H3. The highest BCUT2D eigenvalue weighted by Crippen LogP contribution is 2.31. The maximum Gasteiger partial charge on any atom is 0.155 e. The lowest BCUT2D eigenvalue weighted by Gasteiger charge is -2.10. The first-order valence-corrected chi connectivity index (χ1v) is 6.54. The van der Waals surface area contributed by atoms with E-state index in [0.717, 1.165) is 20.3 Å². The predicted octanol–water partition coefficient (Wildman–Crippen LogP) is 3.67. The molecule has 0 aliphatic heterocycles. The zero-order chi connectivity index (χ0) is 11.7. The van der Waals surface area contributed by atoms with Crippen LogP contribution < -0.4 is 0 Å². The minimum absolute atomic E-state index is 0.304. The number of hydrogen-bond donors (Lipinski definition) is 0. The van der Waals surface area contributed by atoms with Crippen molar-refractivity contribution in [1.29, 1.82) is 0 Å². The van der Waals surface area contributed by atoms with Gasteiger partial charge in [0.2, 0.25) is 0 Å². The van der Waals surface area contributed by atoms with Gasteiger partial charge in [-0.2, -0.15) is 0 Å². The van der Waals surface area contributed by atoms with Crippen LogP contribution in [-0.4, -0.2) is 14.8 Å². The van der Waals surface area contributed by atoms with Crippen LogP contribution in [0.5, 0.6) is 0 Å². The predicted molar refractivity (Wildman–Crippen MR) is 70.5 cm³/mol. The van der Waals surface area contributed by atoms with Gasteiger partial charge in [0.25, 0.3) is 0 Å². The van der Waals surface area contributed by atoms with Crippen molar-refractivity contribution in [2.24, 2.45) is 7.05 Å². The molecule has 0 bridgehead atoms. The molecule has 0 aliphatic carbocycles. The molecule has 0 N–H and O–H groups in total. The van der Waals surface area contributed by atoms with Crippen LogP contribution in [-0.2, 0) is 7.05 Å². The Morgan fingerprint density at radius 1 is 1.25 bits per heavy atom. The van der Waals surface area contributed by atoms with Crippen molar-refractivity contribution in [2.45, 2.75) is 5.38 Å². The van der Waals surface area contributed by atoms with Crippen LogP contribution in [0.2, 0.25) is 0 Å². The van der Waals surface area contributed by atoms with Crippen LogP contribution in [0.25, 0.3) is 0 Å². The first-order valence-electron chi connectivity index (χ1n) is 4.52. The molecular weight excluding hydrogens is 357 g/mol. The van der Waals surface area contributed by atoms with Gasteiger partial charge in [-0.05, 0) is 23.8 Å². The SMILES string of the molecule is Cn1cnnc1C(Cl)c1cc(Br)cc(Br)c1. The largest absolute Gasteiger partial charge is 0.319 e. The van der Waals surface area contributed by atoms with E-state index in [-0.39, 0.29) is 5.38 Å². The maximum atomic E-state index is 6.36. The first-order chi connectivity index (χ1) is 7.58. The molecule has 0 spiro atoms. The molecule has 2 rings (SSSR count). The number of benzene rings is 1. The third-order valence-electron chi connectivity index (χ3n) is 2.15. The van der Waals surface area contributed by atoms with E-state index in [1.807, 2.05) is 29.8 Å². The molecule has 6 heteroatoms. The number of halogens is 3. The summed E-state index contributed by atoms with van der Waals surface area (Å²) in [5.41, 5.74) is 0.971. The Hall–Kier alpha value is -0.390. The van der Waals surface area contributed by atoms with E-state index in [1.165, 1.54) is 0 Å². The molecule has 0 amide bonds. The smallest absolute Gasteiger partial charge is 0.155 e. The van der Waals surface area contributed by atoms with Gasteiger partial charge in [-0.25, -0.2) is 0 Å². The van der Waals surface area contributed by atoms with E-state index in [4.69, 9.17) is 11.6 Å². The van der Waals surface area contributed by atoms with Gasteiger partial charge >= 0.3 is 0 Å². The summed E-state index contributed by atoms with van der Waals surface area (Å²) in [5.74, 6) is 0.728. The molecule has 16 heavy (non-hydrogen) atoms. The molecule has 0 saturated carbocycles. The number of rotatable bonds is 2. The van der Waals surface area contributed by atoms with Gasteiger partial charge in [0.15, 0.2) is 5.82 Å². The molecule has 2 aromatic rings. The first kappa shape index (κ1) is 12.1. The molecule has 1 aromatic carbocycles. The van der Waals surface area contributed by atoms with Crippen molar-refractivity contribution in [3.8, 4) is 0 Å². The summed E-state index contributed by atoms with van der Waals surface area (Å²) in [4.78, 5) is 0. The summed E-state index contributed by atoms with van der Waals surface area (Å²) in [7, 11) is 1.87. The van der Waals surface area contributed by atoms with Gasteiger partial charge in [0, 0.05) is 16.0 Å². The van der Waals surface area contributed by atoms with Crippen molar-refractivity contribution in [1.82, 2.24) is 14.8 Å². The van der Waals surface area contributed by atoms with Crippen LogP contribution in [0.3, 0.4) is 0 Å². The van der Waals surface area contributed by atoms with E-state index >= 15 is 0 Å². The maximum absolute atomic E-state index is 6.36. The Kier molecular flexibility index (Phi) is 3.66. The van der Waals surface area contributed by atoms with E-state index in [1.54, 1.807) is 6.33 Å². The normalized spacial score (nSPS) is 12.8. The molecule has 1 unspecified atom stereocenters. The van der Waals surface area contributed by atoms with E-state index < -0.39 is 0 Å². The van der Waals surface area contributed by atoms with Gasteiger partial charge < -0.3 is 4.57 Å².